The van der Waals surface area contributed by atoms with Gasteiger partial charge >= 0.3 is 5.97 Å². The minimum Gasteiger partial charge on any atom is -0.462 e. The fourth-order valence-corrected chi connectivity index (χ4v) is 8.64. The van der Waals surface area contributed by atoms with Gasteiger partial charge in [-0.15, -0.1) is 0 Å². The zero-order valence-corrected chi connectivity index (χ0v) is 17.3. The van der Waals surface area contributed by atoms with E-state index in [9.17, 15) is 9.59 Å². The van der Waals surface area contributed by atoms with Crippen molar-refractivity contribution in [3.8, 4) is 0 Å². The molecule has 1 spiro atoms. The molecule has 0 aromatic carbocycles. The van der Waals surface area contributed by atoms with Gasteiger partial charge in [-0.1, -0.05) is 13.8 Å². The summed E-state index contributed by atoms with van der Waals surface area (Å²) in [5.41, 5.74) is 0.346. The molecular weight excluding hydrogens is 340 g/mol. The number of hydrogen-bond donors (Lipinski definition) is 0. The van der Waals surface area contributed by atoms with Crippen LogP contribution in [0.25, 0.3) is 0 Å². The Labute approximate surface area is 162 Å². The van der Waals surface area contributed by atoms with Crippen molar-refractivity contribution in [3.05, 3.63) is 0 Å². The van der Waals surface area contributed by atoms with Crippen LogP contribution < -0.4 is 0 Å². The van der Waals surface area contributed by atoms with E-state index in [4.69, 9.17) is 9.47 Å². The van der Waals surface area contributed by atoms with Crippen molar-refractivity contribution < 1.29 is 19.1 Å². The highest BCUT2D eigenvalue weighted by Gasteiger charge is 2.76. The van der Waals surface area contributed by atoms with Crippen LogP contribution in [0, 0.1) is 34.5 Å². The summed E-state index contributed by atoms with van der Waals surface area (Å²) in [7, 11) is 0. The second kappa shape index (κ2) is 5.58. The highest BCUT2D eigenvalue weighted by Crippen LogP contribution is 2.74. The first-order chi connectivity index (χ1) is 12.7. The second-order valence-electron chi connectivity index (χ2n) is 10.8. The largest absolute Gasteiger partial charge is 0.462 e. The molecule has 0 aromatic heterocycles. The van der Waals surface area contributed by atoms with Crippen molar-refractivity contribution in [2.45, 2.75) is 96.9 Å². The molecule has 0 radical (unpaired) electrons. The average molecular weight is 375 g/mol. The van der Waals surface area contributed by atoms with Crippen molar-refractivity contribution >= 4 is 11.8 Å². The van der Waals surface area contributed by atoms with Gasteiger partial charge < -0.3 is 9.47 Å². The number of ether oxygens (including phenoxy) is 2. The maximum atomic E-state index is 12.3. The van der Waals surface area contributed by atoms with Gasteiger partial charge in [0.2, 0.25) is 0 Å². The topological polar surface area (TPSA) is 55.9 Å². The molecule has 0 aromatic rings. The number of fused-ring (bicyclic) bond motifs is 4. The highest BCUT2D eigenvalue weighted by molar-refractivity contribution is 5.79. The van der Waals surface area contributed by atoms with Crippen molar-refractivity contribution in [1.29, 1.82) is 0 Å². The van der Waals surface area contributed by atoms with E-state index in [0.29, 0.717) is 29.6 Å². The molecule has 1 heterocycles. The van der Waals surface area contributed by atoms with Gasteiger partial charge in [-0.2, -0.15) is 0 Å². The van der Waals surface area contributed by atoms with Gasteiger partial charge in [0.15, 0.2) is 0 Å². The molecule has 4 heteroatoms. The minimum absolute atomic E-state index is 0.0274. The molecular formula is C23H34O4. The third-order valence-corrected chi connectivity index (χ3v) is 9.86. The standard InChI is InChI=1S/C23H34O4/c1-13(24)17-5-6-18-16-11-20-23(27-20)12-15(26-14(2)25)7-10-22(23,4)19(16)8-9-21(17,18)3/h15-20H,5-12H2,1-4H3/t15-,16-,17+,18+,19-,20+,21-,22-,23+/m1/s1. The monoisotopic (exact) mass is 374 g/mol. The van der Waals surface area contributed by atoms with Crippen LogP contribution in [0.15, 0.2) is 0 Å². The Morgan fingerprint density at radius 2 is 1.78 bits per heavy atom. The second-order valence-corrected chi connectivity index (χ2v) is 10.8. The van der Waals surface area contributed by atoms with E-state index >= 15 is 0 Å². The first-order valence-corrected chi connectivity index (χ1v) is 11.1. The maximum Gasteiger partial charge on any atom is 0.302 e. The molecule has 9 atom stereocenters. The van der Waals surface area contributed by atoms with Crippen molar-refractivity contribution in [3.63, 3.8) is 0 Å². The molecule has 1 saturated heterocycles. The van der Waals surface area contributed by atoms with Crippen LogP contribution in [0.2, 0.25) is 0 Å². The highest BCUT2D eigenvalue weighted by atomic mass is 16.6. The van der Waals surface area contributed by atoms with Gasteiger partial charge in [0.05, 0.1) is 6.10 Å². The molecule has 0 unspecified atom stereocenters. The van der Waals surface area contributed by atoms with Gasteiger partial charge in [-0.05, 0) is 75.0 Å². The fourth-order valence-electron chi connectivity index (χ4n) is 8.64. The van der Waals surface area contributed by atoms with Gasteiger partial charge in [-0.3, -0.25) is 9.59 Å². The Morgan fingerprint density at radius 1 is 1.00 bits per heavy atom. The van der Waals surface area contributed by atoms with E-state index in [1.165, 1.54) is 26.2 Å². The molecule has 0 amide bonds. The lowest BCUT2D eigenvalue weighted by Gasteiger charge is -2.59. The van der Waals surface area contributed by atoms with Crippen molar-refractivity contribution in [2.24, 2.45) is 34.5 Å². The first-order valence-electron chi connectivity index (χ1n) is 11.1. The molecule has 0 bridgehead atoms. The summed E-state index contributed by atoms with van der Waals surface area (Å²) >= 11 is 0. The molecule has 5 rings (SSSR count). The quantitative estimate of drug-likeness (QED) is 0.534. The summed E-state index contributed by atoms with van der Waals surface area (Å²) in [6, 6.07) is 0. The molecule has 5 fully saturated rings. The number of rotatable bonds is 2. The van der Waals surface area contributed by atoms with Crippen LogP contribution in [0.5, 0.6) is 0 Å². The van der Waals surface area contributed by atoms with Gasteiger partial charge in [0.25, 0.3) is 0 Å². The SMILES string of the molecule is CC(=O)O[C@@H]1CC[C@]2(C)[C@@H]3CC[C@]4(C)[C@H](C(C)=O)CC[C@H]4[C@H]3C[C@@H]3O[C@@]32C1. The number of ketones is 1. The van der Waals surface area contributed by atoms with Crippen molar-refractivity contribution in [2.75, 3.05) is 0 Å². The molecule has 4 aliphatic carbocycles. The predicted molar refractivity (Wildman–Crippen MR) is 101 cm³/mol. The molecule has 150 valence electrons. The summed E-state index contributed by atoms with van der Waals surface area (Å²) in [6.07, 6.45) is 9.18. The van der Waals surface area contributed by atoms with E-state index in [1.807, 2.05) is 0 Å². The molecule has 1 aliphatic heterocycles. The molecule has 4 nitrogen and oxygen atoms in total. The smallest absolute Gasteiger partial charge is 0.302 e. The van der Waals surface area contributed by atoms with E-state index in [1.54, 1.807) is 6.92 Å². The third kappa shape index (κ3) is 2.25. The molecule has 27 heavy (non-hydrogen) atoms. The average Bonchev–Trinajstić information content (AvgIpc) is 3.15. The predicted octanol–water partition coefficient (Wildman–Crippen LogP) is 4.30. The summed E-state index contributed by atoms with van der Waals surface area (Å²) in [4.78, 5) is 23.7. The van der Waals surface area contributed by atoms with Gasteiger partial charge in [0.1, 0.15) is 17.5 Å². The van der Waals surface area contributed by atoms with Crippen LogP contribution in [-0.4, -0.2) is 29.6 Å². The third-order valence-electron chi connectivity index (χ3n) is 9.86. The Bertz CT molecular complexity index is 688. The maximum absolute atomic E-state index is 12.3. The van der Waals surface area contributed by atoms with E-state index in [-0.39, 0.29) is 34.4 Å². The van der Waals surface area contributed by atoms with Crippen LogP contribution in [0.3, 0.4) is 0 Å². The number of epoxide rings is 1. The summed E-state index contributed by atoms with van der Waals surface area (Å²) in [5.74, 6) is 2.57. The zero-order valence-electron chi connectivity index (χ0n) is 17.3. The van der Waals surface area contributed by atoms with Crippen LogP contribution >= 0.6 is 0 Å². The van der Waals surface area contributed by atoms with E-state index in [2.05, 4.69) is 13.8 Å². The summed E-state index contributed by atoms with van der Waals surface area (Å²) < 4.78 is 12.1. The van der Waals surface area contributed by atoms with Crippen LogP contribution in [0.4, 0.5) is 0 Å². The van der Waals surface area contributed by atoms with Gasteiger partial charge in [0, 0.05) is 24.7 Å². The lowest BCUT2D eigenvalue weighted by Crippen LogP contribution is -2.59. The summed E-state index contributed by atoms with van der Waals surface area (Å²) in [5, 5.41) is 0. The summed E-state index contributed by atoms with van der Waals surface area (Å²) in [6.45, 7) is 8.19. The Kier molecular flexibility index (Phi) is 3.75. The normalized spacial score (nSPS) is 55.6. The number of carbonyl (C=O) groups is 2. The Morgan fingerprint density at radius 3 is 2.48 bits per heavy atom. The number of hydrogen-bond acceptors (Lipinski definition) is 4. The Hall–Kier alpha value is -0.900. The van der Waals surface area contributed by atoms with E-state index < -0.39 is 0 Å². The zero-order chi connectivity index (χ0) is 19.2. The lowest BCUT2D eigenvalue weighted by atomic mass is 9.44. The molecule has 5 aliphatic rings. The van der Waals surface area contributed by atoms with Gasteiger partial charge in [-0.25, -0.2) is 0 Å². The fraction of sp³-hybridized carbons (Fsp3) is 0.913. The van der Waals surface area contributed by atoms with Crippen molar-refractivity contribution in [1.82, 2.24) is 0 Å². The first kappa shape index (κ1) is 18.1. The lowest BCUT2D eigenvalue weighted by molar-refractivity contribution is -0.158. The molecule has 4 saturated carbocycles. The van der Waals surface area contributed by atoms with Crippen LogP contribution in [0.1, 0.15) is 79.1 Å². The number of carbonyl (C=O) groups excluding carboxylic acids is 2. The Balaban J connectivity index is 1.42. The minimum atomic E-state index is -0.166. The van der Waals surface area contributed by atoms with Crippen LogP contribution in [-0.2, 0) is 19.1 Å². The van der Waals surface area contributed by atoms with E-state index in [0.717, 1.165) is 32.1 Å². The molecule has 0 N–H and O–H groups in total. The number of esters is 1. The number of Topliss-reactive ketones (excluding diaryl/α,β-unsaturated/α-hetero) is 1.